The van der Waals surface area contributed by atoms with Crippen molar-refractivity contribution in [1.82, 2.24) is 4.98 Å². The van der Waals surface area contributed by atoms with E-state index in [1.807, 2.05) is 67.6 Å². The summed E-state index contributed by atoms with van der Waals surface area (Å²) in [6.07, 6.45) is 2.18. The average Bonchev–Trinajstić information content (AvgIpc) is 2.86. The van der Waals surface area contributed by atoms with Crippen LogP contribution in [-0.2, 0) is 16.0 Å². The fourth-order valence-electron chi connectivity index (χ4n) is 4.36. The van der Waals surface area contributed by atoms with Crippen LogP contribution in [0.3, 0.4) is 0 Å². The highest BCUT2D eigenvalue weighted by atomic mass is 16.5. The summed E-state index contributed by atoms with van der Waals surface area (Å²) in [5.41, 5.74) is 2.94. The van der Waals surface area contributed by atoms with E-state index in [4.69, 9.17) is 4.74 Å². The van der Waals surface area contributed by atoms with Crippen LogP contribution in [0.25, 0.3) is 0 Å². The van der Waals surface area contributed by atoms with Crippen LogP contribution in [0, 0.1) is 0 Å². The van der Waals surface area contributed by atoms with Gasteiger partial charge in [-0.1, -0.05) is 30.3 Å². The minimum atomic E-state index is -0.224. The smallest absolute Gasteiger partial charge is 0.257 e. The van der Waals surface area contributed by atoms with Crippen LogP contribution in [0.5, 0.6) is 0 Å². The summed E-state index contributed by atoms with van der Waals surface area (Å²) in [5.74, 6) is 0.651. The lowest BCUT2D eigenvalue weighted by Crippen LogP contribution is -2.45. The molecule has 0 spiro atoms. The van der Waals surface area contributed by atoms with Crippen molar-refractivity contribution < 1.29 is 14.3 Å². The van der Waals surface area contributed by atoms with Crippen LogP contribution in [0.1, 0.15) is 36.7 Å². The number of amides is 2. The van der Waals surface area contributed by atoms with Crippen molar-refractivity contribution in [2.75, 3.05) is 34.8 Å². The Labute approximate surface area is 206 Å². The van der Waals surface area contributed by atoms with E-state index in [1.54, 1.807) is 17.2 Å². The SMILES string of the molecule is CCN(C(=O)Cc1ccc(NC(=O)c2ccc(N3CC(C)OC(C)C3)nc2)cc1)c1ccccc1. The lowest BCUT2D eigenvalue weighted by atomic mass is 10.1. The molecule has 2 amide bonds. The molecule has 4 rings (SSSR count). The molecule has 1 fully saturated rings. The molecular weight excluding hydrogens is 440 g/mol. The molecule has 35 heavy (non-hydrogen) atoms. The maximum Gasteiger partial charge on any atom is 0.257 e. The predicted molar refractivity (Wildman–Crippen MR) is 139 cm³/mol. The van der Waals surface area contributed by atoms with E-state index in [-0.39, 0.29) is 24.0 Å². The number of hydrogen-bond acceptors (Lipinski definition) is 5. The summed E-state index contributed by atoms with van der Waals surface area (Å²) in [7, 11) is 0. The van der Waals surface area contributed by atoms with Gasteiger partial charge in [0.15, 0.2) is 0 Å². The maximum atomic E-state index is 12.8. The molecular formula is C28H32N4O3. The van der Waals surface area contributed by atoms with E-state index < -0.39 is 0 Å². The third kappa shape index (κ3) is 6.25. The molecule has 0 saturated carbocycles. The quantitative estimate of drug-likeness (QED) is 0.546. The van der Waals surface area contributed by atoms with Gasteiger partial charge in [-0.15, -0.1) is 0 Å². The van der Waals surface area contributed by atoms with Crippen molar-refractivity contribution in [2.45, 2.75) is 39.4 Å². The average molecular weight is 473 g/mol. The predicted octanol–water partition coefficient (Wildman–Crippen LogP) is 4.54. The molecule has 0 aliphatic carbocycles. The molecule has 0 radical (unpaired) electrons. The highest BCUT2D eigenvalue weighted by Gasteiger charge is 2.23. The van der Waals surface area contributed by atoms with Crippen LogP contribution in [0.4, 0.5) is 17.2 Å². The van der Waals surface area contributed by atoms with Crippen molar-refractivity contribution in [3.8, 4) is 0 Å². The van der Waals surface area contributed by atoms with Gasteiger partial charge < -0.3 is 19.9 Å². The number of hydrogen-bond donors (Lipinski definition) is 1. The number of pyridine rings is 1. The number of nitrogens with one attached hydrogen (secondary N) is 1. The first-order valence-corrected chi connectivity index (χ1v) is 12.0. The number of nitrogens with zero attached hydrogens (tertiary/aromatic N) is 3. The third-order valence-electron chi connectivity index (χ3n) is 6.01. The molecule has 7 heteroatoms. The summed E-state index contributed by atoms with van der Waals surface area (Å²) in [5, 5.41) is 2.90. The molecule has 1 aliphatic heterocycles. The zero-order valence-electron chi connectivity index (χ0n) is 20.5. The van der Waals surface area contributed by atoms with E-state index in [0.717, 1.165) is 30.2 Å². The second-order valence-electron chi connectivity index (χ2n) is 8.87. The van der Waals surface area contributed by atoms with E-state index >= 15 is 0 Å². The van der Waals surface area contributed by atoms with E-state index in [9.17, 15) is 9.59 Å². The van der Waals surface area contributed by atoms with Crippen molar-refractivity contribution in [3.05, 3.63) is 84.1 Å². The monoisotopic (exact) mass is 472 g/mol. The van der Waals surface area contributed by atoms with Gasteiger partial charge in [-0.25, -0.2) is 4.98 Å². The number of carbonyl (C=O) groups excluding carboxylic acids is 2. The van der Waals surface area contributed by atoms with Crippen LogP contribution in [0.15, 0.2) is 72.9 Å². The Kier molecular flexibility index (Phi) is 7.77. The Balaban J connectivity index is 1.34. The fourth-order valence-corrected chi connectivity index (χ4v) is 4.36. The molecule has 1 N–H and O–H groups in total. The first-order valence-electron chi connectivity index (χ1n) is 12.0. The maximum absolute atomic E-state index is 12.8. The molecule has 1 aromatic heterocycles. The number of anilines is 3. The number of carbonyl (C=O) groups is 2. The number of morpholine rings is 1. The standard InChI is InChI=1S/C28H32N4O3/c1-4-32(25-8-6-5-7-9-25)27(33)16-22-10-13-24(14-11-22)30-28(34)23-12-15-26(29-17-23)31-18-20(2)35-21(3)19-31/h5-15,17,20-21H,4,16,18-19H2,1-3H3,(H,30,34). The molecule has 3 aromatic rings. The molecule has 0 bridgehead atoms. The topological polar surface area (TPSA) is 74.8 Å². The lowest BCUT2D eigenvalue weighted by Gasteiger charge is -2.36. The lowest BCUT2D eigenvalue weighted by molar-refractivity contribution is -0.117. The van der Waals surface area contributed by atoms with E-state index in [2.05, 4.69) is 29.0 Å². The Morgan fingerprint density at radius 3 is 2.29 bits per heavy atom. The molecule has 1 aliphatic rings. The highest BCUT2D eigenvalue weighted by Crippen LogP contribution is 2.20. The Morgan fingerprint density at radius 2 is 1.69 bits per heavy atom. The second kappa shape index (κ2) is 11.1. The van der Waals surface area contributed by atoms with Crippen LogP contribution < -0.4 is 15.1 Å². The largest absolute Gasteiger partial charge is 0.372 e. The first kappa shape index (κ1) is 24.4. The Bertz CT molecular complexity index is 1120. The number of ether oxygens (including phenoxy) is 1. The van der Waals surface area contributed by atoms with Gasteiger partial charge in [0, 0.05) is 37.2 Å². The van der Waals surface area contributed by atoms with Crippen molar-refractivity contribution in [2.24, 2.45) is 0 Å². The summed E-state index contributed by atoms with van der Waals surface area (Å²) in [6.45, 7) is 8.22. The number of likely N-dealkylation sites (N-methyl/N-ethyl adjacent to an activating group) is 1. The van der Waals surface area contributed by atoms with Gasteiger partial charge in [0.1, 0.15) is 5.82 Å². The number of rotatable bonds is 7. The molecule has 2 unspecified atom stereocenters. The summed E-state index contributed by atoms with van der Waals surface area (Å²) >= 11 is 0. The zero-order valence-corrected chi connectivity index (χ0v) is 20.5. The minimum absolute atomic E-state index is 0.0331. The van der Waals surface area contributed by atoms with Gasteiger partial charge in [-0.05, 0) is 62.7 Å². The molecule has 2 aromatic carbocycles. The van der Waals surface area contributed by atoms with Crippen molar-refractivity contribution in [1.29, 1.82) is 0 Å². The van der Waals surface area contributed by atoms with Crippen molar-refractivity contribution >= 4 is 29.0 Å². The van der Waals surface area contributed by atoms with Gasteiger partial charge in [-0.3, -0.25) is 9.59 Å². The summed E-state index contributed by atoms with van der Waals surface area (Å²) < 4.78 is 5.78. The number of aromatic nitrogens is 1. The van der Waals surface area contributed by atoms with Crippen LogP contribution in [0.2, 0.25) is 0 Å². The second-order valence-corrected chi connectivity index (χ2v) is 8.87. The molecule has 2 heterocycles. The van der Waals surface area contributed by atoms with Crippen LogP contribution in [-0.4, -0.2) is 48.6 Å². The van der Waals surface area contributed by atoms with Gasteiger partial charge in [0.2, 0.25) is 5.91 Å². The summed E-state index contributed by atoms with van der Waals surface area (Å²) in [4.78, 5) is 34.0. The Hall–Kier alpha value is -3.71. The van der Waals surface area contributed by atoms with Gasteiger partial charge in [-0.2, -0.15) is 0 Å². The summed E-state index contributed by atoms with van der Waals surface area (Å²) in [6, 6.07) is 20.7. The minimum Gasteiger partial charge on any atom is -0.372 e. The number of benzene rings is 2. The zero-order chi connectivity index (χ0) is 24.8. The molecule has 182 valence electrons. The molecule has 7 nitrogen and oxygen atoms in total. The first-order chi connectivity index (χ1) is 16.9. The van der Waals surface area contributed by atoms with Gasteiger partial charge in [0.25, 0.3) is 5.91 Å². The molecule has 1 saturated heterocycles. The van der Waals surface area contributed by atoms with E-state index in [1.165, 1.54) is 0 Å². The third-order valence-corrected chi connectivity index (χ3v) is 6.01. The Morgan fingerprint density at radius 1 is 1.00 bits per heavy atom. The highest BCUT2D eigenvalue weighted by molar-refractivity contribution is 6.04. The van der Waals surface area contributed by atoms with Crippen molar-refractivity contribution in [3.63, 3.8) is 0 Å². The molecule has 2 atom stereocenters. The van der Waals surface area contributed by atoms with E-state index in [0.29, 0.717) is 24.2 Å². The normalized spacial score (nSPS) is 17.6. The number of para-hydroxylation sites is 1. The van der Waals surface area contributed by atoms with Gasteiger partial charge in [0.05, 0.1) is 24.2 Å². The fraction of sp³-hybridized carbons (Fsp3) is 0.321. The van der Waals surface area contributed by atoms with Gasteiger partial charge >= 0.3 is 0 Å². The van der Waals surface area contributed by atoms with Crippen LogP contribution >= 0.6 is 0 Å².